The minimum absolute atomic E-state index is 0.0578. The largest absolute Gasteiger partial charge is 0.368 e. The van der Waals surface area contributed by atoms with Crippen molar-refractivity contribution < 1.29 is 9.59 Å². The first-order valence-electron chi connectivity index (χ1n) is 7.40. The molecule has 0 saturated carbocycles. The van der Waals surface area contributed by atoms with Gasteiger partial charge in [0, 0.05) is 18.5 Å². The van der Waals surface area contributed by atoms with E-state index >= 15 is 0 Å². The highest BCUT2D eigenvalue weighted by molar-refractivity contribution is 6.03. The number of nitrogens with zero attached hydrogens (tertiary/aromatic N) is 1. The number of benzene rings is 2. The predicted molar refractivity (Wildman–Crippen MR) is 85.4 cm³/mol. The summed E-state index contributed by atoms with van der Waals surface area (Å²) in [5.74, 6) is -0.512. The molecular weight excluding hydrogens is 276 g/mol. The summed E-state index contributed by atoms with van der Waals surface area (Å²) in [6.07, 6.45) is 1.52. The lowest BCUT2D eigenvalue weighted by Gasteiger charge is -2.23. The Balaban J connectivity index is 1.78. The first-order valence-corrected chi connectivity index (χ1v) is 7.40. The Morgan fingerprint density at radius 2 is 1.73 bits per heavy atom. The summed E-state index contributed by atoms with van der Waals surface area (Å²) >= 11 is 0. The van der Waals surface area contributed by atoms with Gasteiger partial charge in [-0.3, -0.25) is 14.5 Å². The zero-order chi connectivity index (χ0) is 15.5. The summed E-state index contributed by atoms with van der Waals surface area (Å²) in [6.45, 7) is 0. The van der Waals surface area contributed by atoms with E-state index in [4.69, 9.17) is 5.73 Å². The quantitative estimate of drug-likeness (QED) is 0.938. The van der Waals surface area contributed by atoms with E-state index in [9.17, 15) is 9.59 Å². The molecule has 3 rings (SSSR count). The minimum atomic E-state index is -0.569. The number of carbonyl (C=O) groups is 2. The molecule has 0 radical (unpaired) electrons. The summed E-state index contributed by atoms with van der Waals surface area (Å²) in [5.41, 5.74) is 8.40. The van der Waals surface area contributed by atoms with Gasteiger partial charge in [0.05, 0.1) is 0 Å². The Morgan fingerprint density at radius 1 is 1.05 bits per heavy atom. The standard InChI is InChI=1S/C18H18N2O2/c19-18(22)16-12-14-8-4-5-9-15(14)20(16)17(21)11-10-13-6-2-1-3-7-13/h1-9,16H,10-12H2,(H2,19,22)/t16-/m1/s1. The van der Waals surface area contributed by atoms with Crippen LogP contribution in [0.2, 0.25) is 0 Å². The molecule has 0 aliphatic carbocycles. The molecule has 0 unspecified atom stereocenters. The SMILES string of the molecule is NC(=O)[C@H]1Cc2ccccc2N1C(=O)CCc1ccccc1. The van der Waals surface area contributed by atoms with Gasteiger partial charge in [0.1, 0.15) is 6.04 Å². The zero-order valence-corrected chi connectivity index (χ0v) is 12.2. The lowest BCUT2D eigenvalue weighted by Crippen LogP contribution is -2.46. The topological polar surface area (TPSA) is 63.4 Å². The number of amides is 2. The molecule has 112 valence electrons. The second kappa shape index (κ2) is 6.02. The highest BCUT2D eigenvalue weighted by Crippen LogP contribution is 2.32. The van der Waals surface area contributed by atoms with Crippen molar-refractivity contribution in [3.05, 3.63) is 65.7 Å². The molecule has 2 aromatic carbocycles. The van der Waals surface area contributed by atoms with Gasteiger partial charge >= 0.3 is 0 Å². The predicted octanol–water partition coefficient (Wildman–Crippen LogP) is 2.06. The second-order valence-electron chi connectivity index (χ2n) is 5.50. The number of nitrogens with two attached hydrogens (primary N) is 1. The number of aryl methyl sites for hydroxylation is 1. The van der Waals surface area contributed by atoms with E-state index in [-0.39, 0.29) is 5.91 Å². The summed E-state index contributed by atoms with van der Waals surface area (Å²) in [7, 11) is 0. The summed E-state index contributed by atoms with van der Waals surface area (Å²) in [5, 5.41) is 0. The van der Waals surface area contributed by atoms with Crippen molar-refractivity contribution in [3.63, 3.8) is 0 Å². The zero-order valence-electron chi connectivity index (χ0n) is 12.2. The van der Waals surface area contributed by atoms with E-state index in [1.807, 2.05) is 54.6 Å². The van der Waals surface area contributed by atoms with Gasteiger partial charge < -0.3 is 5.73 Å². The molecule has 0 bridgehead atoms. The van der Waals surface area contributed by atoms with Crippen LogP contribution in [0, 0.1) is 0 Å². The van der Waals surface area contributed by atoms with Crippen molar-refractivity contribution in [2.45, 2.75) is 25.3 Å². The number of rotatable bonds is 4. The molecule has 22 heavy (non-hydrogen) atoms. The van der Waals surface area contributed by atoms with Crippen LogP contribution in [0.25, 0.3) is 0 Å². The third-order valence-corrected chi connectivity index (χ3v) is 4.04. The van der Waals surface area contributed by atoms with Gasteiger partial charge in [-0.05, 0) is 23.6 Å². The van der Waals surface area contributed by atoms with E-state index in [1.54, 1.807) is 4.90 Å². The van der Waals surface area contributed by atoms with Crippen LogP contribution in [-0.2, 0) is 22.4 Å². The van der Waals surface area contributed by atoms with E-state index in [2.05, 4.69) is 0 Å². The number of primary amides is 1. The van der Waals surface area contributed by atoms with E-state index in [1.165, 1.54) is 0 Å². The van der Waals surface area contributed by atoms with Gasteiger partial charge in [0.2, 0.25) is 11.8 Å². The van der Waals surface area contributed by atoms with Gasteiger partial charge in [-0.15, -0.1) is 0 Å². The summed E-state index contributed by atoms with van der Waals surface area (Å²) in [4.78, 5) is 25.9. The lowest BCUT2D eigenvalue weighted by molar-refractivity contribution is -0.124. The Hall–Kier alpha value is -2.62. The molecule has 2 N–H and O–H groups in total. The van der Waals surface area contributed by atoms with Crippen molar-refractivity contribution in [1.29, 1.82) is 0 Å². The normalized spacial score (nSPS) is 16.4. The second-order valence-corrected chi connectivity index (χ2v) is 5.50. The molecular formula is C18H18N2O2. The molecule has 1 atom stereocenters. The molecule has 0 aromatic heterocycles. The smallest absolute Gasteiger partial charge is 0.240 e. The number of fused-ring (bicyclic) bond motifs is 1. The fraction of sp³-hybridized carbons (Fsp3) is 0.222. The van der Waals surface area contributed by atoms with Gasteiger partial charge in [-0.1, -0.05) is 48.5 Å². The Kier molecular flexibility index (Phi) is 3.92. The maximum atomic E-state index is 12.6. The van der Waals surface area contributed by atoms with Crippen LogP contribution < -0.4 is 10.6 Å². The highest BCUT2D eigenvalue weighted by Gasteiger charge is 2.36. The summed E-state index contributed by atoms with van der Waals surface area (Å²) in [6, 6.07) is 16.9. The Bertz CT molecular complexity index is 697. The fourth-order valence-electron chi connectivity index (χ4n) is 2.94. The Morgan fingerprint density at radius 3 is 2.45 bits per heavy atom. The van der Waals surface area contributed by atoms with Gasteiger partial charge in [0.25, 0.3) is 0 Å². The van der Waals surface area contributed by atoms with Crippen LogP contribution in [0.3, 0.4) is 0 Å². The maximum Gasteiger partial charge on any atom is 0.240 e. The lowest BCUT2D eigenvalue weighted by atomic mass is 10.1. The highest BCUT2D eigenvalue weighted by atomic mass is 16.2. The molecule has 2 amide bonds. The maximum absolute atomic E-state index is 12.6. The molecule has 1 aliphatic rings. The van der Waals surface area contributed by atoms with Crippen molar-refractivity contribution >= 4 is 17.5 Å². The van der Waals surface area contributed by atoms with E-state index in [0.717, 1.165) is 16.8 Å². The molecule has 4 nitrogen and oxygen atoms in total. The third-order valence-electron chi connectivity index (χ3n) is 4.04. The van der Waals surface area contributed by atoms with Crippen LogP contribution >= 0.6 is 0 Å². The van der Waals surface area contributed by atoms with Crippen LogP contribution in [0.5, 0.6) is 0 Å². The van der Waals surface area contributed by atoms with Crippen molar-refractivity contribution in [3.8, 4) is 0 Å². The third kappa shape index (κ3) is 2.72. The van der Waals surface area contributed by atoms with Crippen LogP contribution in [0.4, 0.5) is 5.69 Å². The number of para-hydroxylation sites is 1. The van der Waals surface area contributed by atoms with Crippen molar-refractivity contribution in [2.24, 2.45) is 5.73 Å². The van der Waals surface area contributed by atoms with Crippen molar-refractivity contribution in [1.82, 2.24) is 0 Å². The Labute approximate surface area is 129 Å². The number of hydrogen-bond donors (Lipinski definition) is 1. The number of hydrogen-bond acceptors (Lipinski definition) is 2. The van der Waals surface area contributed by atoms with Crippen molar-refractivity contribution in [2.75, 3.05) is 4.90 Å². The van der Waals surface area contributed by atoms with E-state index in [0.29, 0.717) is 19.3 Å². The number of carbonyl (C=O) groups excluding carboxylic acids is 2. The molecule has 0 spiro atoms. The first-order chi connectivity index (χ1) is 10.7. The first kappa shape index (κ1) is 14.3. The molecule has 1 aliphatic heterocycles. The monoisotopic (exact) mass is 294 g/mol. The molecule has 2 aromatic rings. The molecule has 4 heteroatoms. The van der Waals surface area contributed by atoms with Crippen LogP contribution in [0.15, 0.2) is 54.6 Å². The summed E-state index contributed by atoms with van der Waals surface area (Å²) < 4.78 is 0. The minimum Gasteiger partial charge on any atom is -0.368 e. The average molecular weight is 294 g/mol. The average Bonchev–Trinajstić information content (AvgIpc) is 2.93. The number of anilines is 1. The van der Waals surface area contributed by atoms with Gasteiger partial charge in [0.15, 0.2) is 0 Å². The fourth-order valence-corrected chi connectivity index (χ4v) is 2.94. The van der Waals surface area contributed by atoms with Gasteiger partial charge in [-0.25, -0.2) is 0 Å². The van der Waals surface area contributed by atoms with Gasteiger partial charge in [-0.2, -0.15) is 0 Å². The molecule has 0 fully saturated rings. The van der Waals surface area contributed by atoms with E-state index < -0.39 is 11.9 Å². The van der Waals surface area contributed by atoms with Crippen LogP contribution in [-0.4, -0.2) is 17.9 Å². The van der Waals surface area contributed by atoms with Crippen LogP contribution in [0.1, 0.15) is 17.5 Å². The molecule has 1 heterocycles. The molecule has 0 saturated heterocycles.